The summed E-state index contributed by atoms with van der Waals surface area (Å²) in [6, 6.07) is 5.29. The van der Waals surface area contributed by atoms with Crippen LogP contribution in [-0.4, -0.2) is 87.1 Å². The van der Waals surface area contributed by atoms with Crippen LogP contribution in [0, 0.1) is 6.92 Å². The molecule has 2 fully saturated rings. The topological polar surface area (TPSA) is 123 Å². The van der Waals surface area contributed by atoms with Gasteiger partial charge in [-0.15, -0.1) is 10.2 Å². The number of anilines is 2. The summed E-state index contributed by atoms with van der Waals surface area (Å²) in [7, 11) is 0. The minimum Gasteiger partial charge on any atom is -0.489 e. The van der Waals surface area contributed by atoms with Crippen LogP contribution >= 0.6 is 0 Å². The molecule has 0 radical (unpaired) electrons. The van der Waals surface area contributed by atoms with Crippen molar-refractivity contribution < 1.29 is 23.8 Å². The first-order chi connectivity index (χ1) is 19.1. The molecule has 0 bridgehead atoms. The number of hydrogen-bond donors (Lipinski definition) is 1. The van der Waals surface area contributed by atoms with Crippen molar-refractivity contribution in [1.29, 1.82) is 0 Å². The van der Waals surface area contributed by atoms with Gasteiger partial charge in [-0.25, -0.2) is 9.78 Å². The highest BCUT2D eigenvalue weighted by Gasteiger charge is 2.31. The van der Waals surface area contributed by atoms with Crippen molar-refractivity contribution in [1.82, 2.24) is 24.5 Å². The number of rotatable bonds is 5. The summed E-state index contributed by atoms with van der Waals surface area (Å²) < 4.78 is 19.0. The molecule has 0 saturated carbocycles. The molecule has 2 amide bonds. The molecule has 5 rings (SSSR count). The molecule has 12 nitrogen and oxygen atoms in total. The van der Waals surface area contributed by atoms with Crippen LogP contribution in [0.5, 0.6) is 5.75 Å². The third-order valence-corrected chi connectivity index (χ3v) is 6.85. The minimum atomic E-state index is -0.541. The van der Waals surface area contributed by atoms with E-state index in [2.05, 4.69) is 25.4 Å². The number of pyridine rings is 1. The number of nitrogens with one attached hydrogen (secondary N) is 1. The SMILES string of the molecule is Cc1cn2cc(C(=O)Nc3ccc(N4CCN(C(=O)OC(C)(C)C)[C@@H](C)C4)nn3)c(OC3CCOCC3)cc2n1. The van der Waals surface area contributed by atoms with E-state index in [0.29, 0.717) is 61.4 Å². The average molecular weight is 552 g/mol. The molecule has 3 aromatic rings. The van der Waals surface area contributed by atoms with Crippen LogP contribution in [-0.2, 0) is 9.47 Å². The highest BCUT2D eigenvalue weighted by Crippen LogP contribution is 2.26. The first-order valence-electron chi connectivity index (χ1n) is 13.7. The number of hydrogen-bond acceptors (Lipinski definition) is 9. The zero-order valence-corrected chi connectivity index (χ0v) is 23.7. The van der Waals surface area contributed by atoms with Crippen molar-refractivity contribution in [3.63, 3.8) is 0 Å². The number of aryl methyl sites for hydroxylation is 1. The van der Waals surface area contributed by atoms with Gasteiger partial charge in [0.25, 0.3) is 5.91 Å². The number of ether oxygens (including phenoxy) is 3. The Labute approximate surface area is 233 Å². The number of aromatic nitrogens is 4. The Balaban J connectivity index is 1.26. The fourth-order valence-corrected chi connectivity index (χ4v) is 4.89. The Morgan fingerprint density at radius 1 is 1.10 bits per heavy atom. The summed E-state index contributed by atoms with van der Waals surface area (Å²) in [4.78, 5) is 34.2. The summed E-state index contributed by atoms with van der Waals surface area (Å²) in [6.07, 6.45) is 4.77. The van der Waals surface area contributed by atoms with Gasteiger partial charge in [0.2, 0.25) is 0 Å². The zero-order valence-electron chi connectivity index (χ0n) is 23.7. The van der Waals surface area contributed by atoms with Gasteiger partial charge in [0, 0.05) is 57.0 Å². The van der Waals surface area contributed by atoms with E-state index in [-0.39, 0.29) is 24.1 Å². The predicted molar refractivity (Wildman–Crippen MR) is 149 cm³/mol. The number of carbonyl (C=O) groups is 2. The molecule has 2 aliphatic rings. The second-order valence-electron chi connectivity index (χ2n) is 11.3. The maximum atomic E-state index is 13.4. The fraction of sp³-hybridized carbons (Fsp3) is 0.536. The molecule has 214 valence electrons. The van der Waals surface area contributed by atoms with E-state index < -0.39 is 5.60 Å². The zero-order chi connectivity index (χ0) is 28.4. The second-order valence-corrected chi connectivity index (χ2v) is 11.3. The Morgan fingerprint density at radius 2 is 1.88 bits per heavy atom. The van der Waals surface area contributed by atoms with E-state index in [1.54, 1.807) is 23.2 Å². The summed E-state index contributed by atoms with van der Waals surface area (Å²) in [5, 5.41) is 11.5. The van der Waals surface area contributed by atoms with Crippen molar-refractivity contribution >= 4 is 29.3 Å². The van der Waals surface area contributed by atoms with E-state index in [0.717, 1.165) is 18.5 Å². The quantitative estimate of drug-likeness (QED) is 0.506. The molecule has 40 heavy (non-hydrogen) atoms. The molecule has 5 heterocycles. The molecule has 0 aliphatic carbocycles. The van der Waals surface area contributed by atoms with Crippen molar-refractivity contribution in [2.45, 2.75) is 65.2 Å². The molecular weight excluding hydrogens is 514 g/mol. The smallest absolute Gasteiger partial charge is 0.410 e. The largest absolute Gasteiger partial charge is 0.489 e. The third-order valence-electron chi connectivity index (χ3n) is 6.85. The molecule has 0 unspecified atom stereocenters. The summed E-state index contributed by atoms with van der Waals surface area (Å²) in [5.41, 5.74) is 1.40. The molecule has 0 spiro atoms. The minimum absolute atomic E-state index is 0.0314. The maximum Gasteiger partial charge on any atom is 0.410 e. The molecule has 0 aromatic carbocycles. The average Bonchev–Trinajstić information content (AvgIpc) is 3.27. The van der Waals surface area contributed by atoms with Crippen molar-refractivity contribution in [2.75, 3.05) is 43.1 Å². The van der Waals surface area contributed by atoms with Crippen LogP contribution in [0.2, 0.25) is 0 Å². The lowest BCUT2D eigenvalue weighted by atomic mass is 10.1. The van der Waals surface area contributed by atoms with Crippen molar-refractivity contribution in [2.24, 2.45) is 0 Å². The van der Waals surface area contributed by atoms with Crippen LogP contribution < -0.4 is 15.0 Å². The van der Waals surface area contributed by atoms with Crippen molar-refractivity contribution in [3.05, 3.63) is 41.9 Å². The van der Waals surface area contributed by atoms with Gasteiger partial charge in [0.1, 0.15) is 23.1 Å². The standard InChI is InChI=1S/C28H37N7O5/c1-18-15-34-17-21(22(14-25(34)29-18)39-20-8-12-38-13-9-20)26(36)30-23-6-7-24(32-31-23)33-10-11-35(19(2)16-33)27(37)40-28(3,4)5/h6-7,14-15,17,19-20H,8-13,16H2,1-5H3,(H,30,31,36)/t19-/m0/s1. The van der Waals surface area contributed by atoms with Crippen LogP contribution in [0.25, 0.3) is 5.65 Å². The van der Waals surface area contributed by atoms with E-state index >= 15 is 0 Å². The number of fused-ring (bicyclic) bond motifs is 1. The number of imidazole rings is 1. The maximum absolute atomic E-state index is 13.4. The fourth-order valence-electron chi connectivity index (χ4n) is 4.89. The number of carbonyl (C=O) groups excluding carboxylic acids is 2. The number of piperazine rings is 1. The molecule has 1 atom stereocenters. The number of nitrogens with zero attached hydrogens (tertiary/aromatic N) is 6. The summed E-state index contributed by atoms with van der Waals surface area (Å²) >= 11 is 0. The van der Waals surface area contributed by atoms with Gasteiger partial charge in [0.05, 0.1) is 24.5 Å². The lowest BCUT2D eigenvalue weighted by Crippen LogP contribution is -2.55. The molecular formula is C28H37N7O5. The highest BCUT2D eigenvalue weighted by molar-refractivity contribution is 6.05. The van der Waals surface area contributed by atoms with E-state index in [1.807, 2.05) is 51.3 Å². The Bertz CT molecular complexity index is 1360. The molecule has 3 aromatic heterocycles. The van der Waals surface area contributed by atoms with Crippen LogP contribution in [0.1, 0.15) is 56.6 Å². The Hall–Kier alpha value is -3.93. The van der Waals surface area contributed by atoms with E-state index in [1.165, 1.54) is 0 Å². The monoisotopic (exact) mass is 551 g/mol. The predicted octanol–water partition coefficient (Wildman–Crippen LogP) is 3.69. The first kappa shape index (κ1) is 27.6. The Kier molecular flexibility index (Phi) is 7.79. The van der Waals surface area contributed by atoms with Gasteiger partial charge >= 0.3 is 6.09 Å². The van der Waals surface area contributed by atoms with Crippen molar-refractivity contribution in [3.8, 4) is 5.75 Å². The van der Waals surface area contributed by atoms with E-state index in [9.17, 15) is 9.59 Å². The van der Waals surface area contributed by atoms with Gasteiger partial charge in [-0.1, -0.05) is 0 Å². The lowest BCUT2D eigenvalue weighted by Gasteiger charge is -2.40. The summed E-state index contributed by atoms with van der Waals surface area (Å²) in [6.45, 7) is 12.4. The van der Waals surface area contributed by atoms with E-state index in [4.69, 9.17) is 14.2 Å². The molecule has 12 heteroatoms. The van der Waals surface area contributed by atoms with Crippen LogP contribution in [0.4, 0.5) is 16.4 Å². The molecule has 2 saturated heterocycles. The van der Waals surface area contributed by atoms with Crippen LogP contribution in [0.15, 0.2) is 30.6 Å². The second kappa shape index (κ2) is 11.3. The highest BCUT2D eigenvalue weighted by atomic mass is 16.6. The van der Waals surface area contributed by atoms with Gasteiger partial charge in [0.15, 0.2) is 11.6 Å². The van der Waals surface area contributed by atoms with Gasteiger partial charge in [-0.2, -0.15) is 0 Å². The number of amides is 2. The van der Waals surface area contributed by atoms with Crippen LogP contribution in [0.3, 0.4) is 0 Å². The first-order valence-corrected chi connectivity index (χ1v) is 13.7. The third kappa shape index (κ3) is 6.44. The normalized spacial score (nSPS) is 18.6. The lowest BCUT2D eigenvalue weighted by molar-refractivity contribution is 0.0158. The molecule has 1 N–H and O–H groups in total. The summed E-state index contributed by atoms with van der Waals surface area (Å²) in [5.74, 6) is 1.13. The van der Waals surface area contributed by atoms with Gasteiger partial charge < -0.3 is 33.7 Å². The molecule has 2 aliphatic heterocycles. The Morgan fingerprint density at radius 3 is 2.55 bits per heavy atom. The van der Waals surface area contributed by atoms with Gasteiger partial charge in [-0.05, 0) is 46.8 Å². The van der Waals surface area contributed by atoms with Gasteiger partial charge in [-0.3, -0.25) is 4.79 Å².